The molecule has 24 heavy (non-hydrogen) atoms. The molecule has 0 amide bonds. The smallest absolute Gasteiger partial charge is 0.0652 e. The van der Waals surface area contributed by atoms with E-state index >= 15 is 0 Å². The maximum Gasteiger partial charge on any atom is 0.114 e. The van der Waals surface area contributed by atoms with Gasteiger partial charge in [-0.3, -0.25) is 0 Å². The third-order valence-corrected chi connectivity index (χ3v) is 9.78. The second kappa shape index (κ2) is 7.77. The lowest BCUT2D eigenvalue weighted by Crippen LogP contribution is -2.37. The van der Waals surface area contributed by atoms with Gasteiger partial charge >= 0.3 is 0 Å². The van der Waals surface area contributed by atoms with Crippen molar-refractivity contribution in [1.29, 1.82) is 0 Å². The Morgan fingerprint density at radius 3 is 1.25 bits per heavy atom. The number of rotatable bonds is 6. The maximum absolute atomic E-state index is 2.45. The van der Waals surface area contributed by atoms with Gasteiger partial charge in [0.25, 0.3) is 0 Å². The summed E-state index contributed by atoms with van der Waals surface area (Å²) in [7, 11) is -1.66. The highest BCUT2D eigenvalue weighted by atomic mass is 31.2. The highest BCUT2D eigenvalue weighted by Gasteiger charge is 2.49. The first-order valence-electron chi connectivity index (χ1n) is 8.85. The fourth-order valence-corrected chi connectivity index (χ4v) is 8.81. The second-order valence-electron chi connectivity index (χ2n) is 6.37. The van der Waals surface area contributed by atoms with Crippen molar-refractivity contribution in [1.82, 2.24) is 0 Å². The molecule has 0 unspecified atom stereocenters. The Labute approximate surface area is 146 Å². The van der Waals surface area contributed by atoms with Crippen molar-refractivity contribution >= 4 is 23.2 Å². The van der Waals surface area contributed by atoms with Crippen LogP contribution in [0.15, 0.2) is 91.0 Å². The van der Waals surface area contributed by atoms with Gasteiger partial charge < -0.3 is 0 Å². The van der Waals surface area contributed by atoms with Crippen LogP contribution in [-0.2, 0) is 0 Å². The normalized spacial score (nSPS) is 12.8. The average Bonchev–Trinajstić information content (AvgIpc) is 2.65. The monoisotopic (exact) mass is 333 g/mol. The van der Waals surface area contributed by atoms with Gasteiger partial charge in [0.2, 0.25) is 0 Å². The SMILES string of the molecule is CCC[C@@H](C)[P+](c1ccccc1)(c1ccccc1)c1ccccc1. The van der Waals surface area contributed by atoms with Gasteiger partial charge in [-0.2, -0.15) is 0 Å². The van der Waals surface area contributed by atoms with E-state index in [0.29, 0.717) is 5.66 Å². The van der Waals surface area contributed by atoms with E-state index in [2.05, 4.69) is 105 Å². The van der Waals surface area contributed by atoms with Gasteiger partial charge in [-0.05, 0) is 49.7 Å². The van der Waals surface area contributed by atoms with Crippen LogP contribution in [0.1, 0.15) is 26.7 Å². The molecule has 0 radical (unpaired) electrons. The quantitative estimate of drug-likeness (QED) is 0.546. The molecule has 0 aromatic heterocycles. The van der Waals surface area contributed by atoms with Gasteiger partial charge in [-0.15, -0.1) is 0 Å². The molecule has 0 aliphatic rings. The molecular weight excluding hydrogens is 307 g/mol. The topological polar surface area (TPSA) is 0 Å². The van der Waals surface area contributed by atoms with Crippen molar-refractivity contribution in [3.05, 3.63) is 91.0 Å². The Morgan fingerprint density at radius 2 is 0.958 bits per heavy atom. The zero-order valence-electron chi connectivity index (χ0n) is 14.6. The summed E-state index contributed by atoms with van der Waals surface area (Å²) < 4.78 is 0. The summed E-state index contributed by atoms with van der Waals surface area (Å²) in [4.78, 5) is 0. The summed E-state index contributed by atoms with van der Waals surface area (Å²) in [6.07, 6.45) is 2.46. The zero-order valence-corrected chi connectivity index (χ0v) is 15.5. The minimum absolute atomic E-state index is 0.620. The van der Waals surface area contributed by atoms with Crippen LogP contribution in [0.5, 0.6) is 0 Å². The fourth-order valence-electron chi connectivity index (χ4n) is 3.81. The Bertz CT molecular complexity index is 638. The number of hydrogen-bond acceptors (Lipinski definition) is 0. The Kier molecular flexibility index (Phi) is 5.48. The Hall–Kier alpha value is -1.91. The predicted molar refractivity (Wildman–Crippen MR) is 110 cm³/mol. The summed E-state index contributed by atoms with van der Waals surface area (Å²) in [6.45, 7) is 4.75. The highest BCUT2D eigenvalue weighted by Crippen LogP contribution is 2.60. The van der Waals surface area contributed by atoms with Crippen molar-refractivity contribution in [2.75, 3.05) is 0 Å². The fraction of sp³-hybridized carbons (Fsp3) is 0.217. The minimum Gasteiger partial charge on any atom is -0.0652 e. The first-order chi connectivity index (χ1) is 11.8. The molecule has 1 heteroatoms. The molecule has 0 bridgehead atoms. The first-order valence-corrected chi connectivity index (χ1v) is 10.7. The van der Waals surface area contributed by atoms with Gasteiger partial charge in [-0.25, -0.2) is 0 Å². The van der Waals surface area contributed by atoms with Crippen LogP contribution >= 0.6 is 7.26 Å². The molecule has 0 heterocycles. The molecule has 0 aliphatic heterocycles. The second-order valence-corrected chi connectivity index (χ2v) is 10.2. The van der Waals surface area contributed by atoms with E-state index in [4.69, 9.17) is 0 Å². The molecule has 122 valence electrons. The van der Waals surface area contributed by atoms with Crippen molar-refractivity contribution in [2.45, 2.75) is 32.3 Å². The average molecular weight is 333 g/mol. The lowest BCUT2D eigenvalue weighted by molar-refractivity contribution is 0.779. The molecule has 0 N–H and O–H groups in total. The number of benzene rings is 3. The minimum atomic E-state index is -1.66. The molecule has 3 aromatic rings. The van der Waals surface area contributed by atoms with Crippen molar-refractivity contribution < 1.29 is 0 Å². The van der Waals surface area contributed by atoms with Crippen LogP contribution in [0.3, 0.4) is 0 Å². The van der Waals surface area contributed by atoms with Crippen LogP contribution in [0.2, 0.25) is 0 Å². The summed E-state index contributed by atoms with van der Waals surface area (Å²) in [5, 5.41) is 4.47. The molecule has 3 aromatic carbocycles. The van der Waals surface area contributed by atoms with E-state index < -0.39 is 7.26 Å². The molecule has 0 fully saturated rings. The highest BCUT2D eigenvalue weighted by molar-refractivity contribution is 7.96. The van der Waals surface area contributed by atoms with Gasteiger partial charge in [-0.1, -0.05) is 67.9 Å². The predicted octanol–water partition coefficient (Wildman–Crippen LogP) is 5.17. The summed E-state index contributed by atoms with van der Waals surface area (Å²) in [5.41, 5.74) is 0.620. The molecule has 1 atom stereocenters. The third-order valence-electron chi connectivity index (χ3n) is 4.86. The molecular formula is C23H26P+. The van der Waals surface area contributed by atoms with Crippen molar-refractivity contribution in [3.8, 4) is 0 Å². The van der Waals surface area contributed by atoms with E-state index in [0.717, 1.165) is 0 Å². The van der Waals surface area contributed by atoms with Crippen LogP contribution in [0.4, 0.5) is 0 Å². The van der Waals surface area contributed by atoms with Crippen LogP contribution < -0.4 is 15.9 Å². The first kappa shape index (κ1) is 16.9. The molecule has 3 rings (SSSR count). The molecule has 0 saturated carbocycles. The lowest BCUT2D eigenvalue weighted by atomic mass is 10.3. The van der Waals surface area contributed by atoms with E-state index in [1.807, 2.05) is 0 Å². The van der Waals surface area contributed by atoms with Gasteiger partial charge in [0.15, 0.2) is 0 Å². The van der Waals surface area contributed by atoms with Crippen molar-refractivity contribution in [2.24, 2.45) is 0 Å². The van der Waals surface area contributed by atoms with Crippen molar-refractivity contribution in [3.63, 3.8) is 0 Å². The zero-order chi connectivity index (χ0) is 16.8. The molecule has 0 aliphatic carbocycles. The Balaban J connectivity index is 2.33. The van der Waals surface area contributed by atoms with Gasteiger partial charge in [0.05, 0.1) is 5.66 Å². The lowest BCUT2D eigenvalue weighted by Gasteiger charge is -2.33. The summed E-state index contributed by atoms with van der Waals surface area (Å²) in [6, 6.07) is 33.5. The number of hydrogen-bond donors (Lipinski definition) is 0. The molecule has 0 nitrogen and oxygen atoms in total. The van der Waals surface area contributed by atoms with E-state index in [1.165, 1.54) is 28.8 Å². The summed E-state index contributed by atoms with van der Waals surface area (Å²) in [5.74, 6) is 0. The molecule has 0 spiro atoms. The van der Waals surface area contributed by atoms with Gasteiger partial charge in [0.1, 0.15) is 23.2 Å². The molecule has 0 saturated heterocycles. The van der Waals surface area contributed by atoms with E-state index in [1.54, 1.807) is 0 Å². The standard InChI is InChI=1S/C23H26P/c1-3-13-20(2)24(21-14-7-4-8-15-21,22-16-9-5-10-17-22)23-18-11-6-12-19-23/h4-12,14-20H,3,13H2,1-2H3/q+1/t20-/m1/s1. The van der Waals surface area contributed by atoms with E-state index in [-0.39, 0.29) is 0 Å². The van der Waals surface area contributed by atoms with E-state index in [9.17, 15) is 0 Å². The summed E-state index contributed by atoms with van der Waals surface area (Å²) >= 11 is 0. The Morgan fingerprint density at radius 1 is 0.625 bits per heavy atom. The third kappa shape index (κ3) is 3.04. The van der Waals surface area contributed by atoms with Gasteiger partial charge in [0, 0.05) is 0 Å². The van der Waals surface area contributed by atoms with Crippen LogP contribution in [0.25, 0.3) is 0 Å². The largest absolute Gasteiger partial charge is 0.114 e. The van der Waals surface area contributed by atoms with Crippen LogP contribution in [0, 0.1) is 0 Å². The maximum atomic E-state index is 2.45. The van der Waals surface area contributed by atoms with Crippen LogP contribution in [-0.4, -0.2) is 5.66 Å².